The molecule has 0 amide bonds. The molecule has 1 nitrogen and oxygen atoms in total. The molecule has 1 aliphatic rings. The Morgan fingerprint density at radius 2 is 2.15 bits per heavy atom. The van der Waals surface area contributed by atoms with Crippen molar-refractivity contribution in [1.82, 2.24) is 0 Å². The van der Waals surface area contributed by atoms with Crippen LogP contribution in [0, 0.1) is 18.3 Å². The van der Waals surface area contributed by atoms with Gasteiger partial charge in [0.25, 0.3) is 0 Å². The van der Waals surface area contributed by atoms with Crippen LogP contribution >= 0.6 is 0 Å². The van der Waals surface area contributed by atoms with Gasteiger partial charge >= 0.3 is 0 Å². The number of rotatable bonds is 1. The Bertz CT molecular complexity index is 356. The van der Waals surface area contributed by atoms with Crippen LogP contribution in [0.25, 0.3) is 0 Å². The molecule has 1 saturated carbocycles. The van der Waals surface area contributed by atoms with Crippen molar-refractivity contribution in [2.45, 2.75) is 32.1 Å². The van der Waals surface area contributed by atoms with Gasteiger partial charge in [0, 0.05) is 0 Å². The van der Waals surface area contributed by atoms with Gasteiger partial charge in [-0.05, 0) is 42.9 Å². The zero-order valence-electron chi connectivity index (χ0n) is 7.88. The van der Waals surface area contributed by atoms with E-state index >= 15 is 0 Å². The monoisotopic (exact) mass is 171 g/mol. The number of benzene rings is 1. The third-order valence-electron chi connectivity index (χ3n) is 2.96. The maximum atomic E-state index is 8.87. The minimum Gasteiger partial charge on any atom is -0.192 e. The lowest BCUT2D eigenvalue weighted by Gasteiger charge is -2.26. The molecular formula is C12H13N. The highest BCUT2D eigenvalue weighted by atomic mass is 14.3. The molecule has 0 aromatic heterocycles. The van der Waals surface area contributed by atoms with E-state index in [4.69, 9.17) is 5.26 Å². The van der Waals surface area contributed by atoms with Crippen LogP contribution in [-0.2, 0) is 0 Å². The quantitative estimate of drug-likeness (QED) is 0.636. The summed E-state index contributed by atoms with van der Waals surface area (Å²) in [6.45, 7) is 1.99. The molecule has 1 heteroatoms. The molecular weight excluding hydrogens is 158 g/mol. The van der Waals surface area contributed by atoms with E-state index in [1.807, 2.05) is 6.92 Å². The molecule has 0 radical (unpaired) electrons. The minimum absolute atomic E-state index is 0.729. The van der Waals surface area contributed by atoms with Crippen LogP contribution in [0.2, 0.25) is 0 Å². The molecule has 0 spiro atoms. The third kappa shape index (κ3) is 1.45. The summed E-state index contributed by atoms with van der Waals surface area (Å²) in [5, 5.41) is 8.87. The number of hydrogen-bond donors (Lipinski definition) is 0. The topological polar surface area (TPSA) is 23.8 Å². The molecule has 0 N–H and O–H groups in total. The van der Waals surface area contributed by atoms with Crippen LogP contribution in [0.4, 0.5) is 0 Å². The summed E-state index contributed by atoms with van der Waals surface area (Å²) in [4.78, 5) is 0. The lowest BCUT2D eigenvalue weighted by Crippen LogP contribution is -2.08. The van der Waals surface area contributed by atoms with Gasteiger partial charge in [-0.15, -0.1) is 0 Å². The highest BCUT2D eigenvalue weighted by molar-refractivity contribution is 5.41. The lowest BCUT2D eigenvalue weighted by molar-refractivity contribution is 0.419. The smallest absolute Gasteiger partial charge is 0.0994 e. The van der Waals surface area contributed by atoms with Crippen molar-refractivity contribution in [3.63, 3.8) is 0 Å². The largest absolute Gasteiger partial charge is 0.192 e. The van der Waals surface area contributed by atoms with Crippen molar-refractivity contribution < 1.29 is 0 Å². The SMILES string of the molecule is Cc1ccc(C2CCC2)cc1C#N. The zero-order chi connectivity index (χ0) is 9.26. The first-order chi connectivity index (χ1) is 6.31. The van der Waals surface area contributed by atoms with Crippen molar-refractivity contribution in [2.75, 3.05) is 0 Å². The molecule has 66 valence electrons. The Morgan fingerprint density at radius 3 is 2.69 bits per heavy atom. The second-order valence-electron chi connectivity index (χ2n) is 3.81. The van der Waals surface area contributed by atoms with Crippen molar-refractivity contribution >= 4 is 0 Å². The normalized spacial score (nSPS) is 16.3. The van der Waals surface area contributed by atoms with Gasteiger partial charge in [-0.2, -0.15) is 5.26 Å². The standard InChI is InChI=1S/C12H13N/c1-9-5-6-11(7-12(9)8-13)10-3-2-4-10/h5-7,10H,2-4H2,1H3. The second kappa shape index (κ2) is 3.22. The van der Waals surface area contributed by atoms with Gasteiger partial charge in [0.15, 0.2) is 0 Å². The molecule has 0 saturated heterocycles. The first-order valence-corrected chi connectivity index (χ1v) is 4.82. The van der Waals surface area contributed by atoms with Gasteiger partial charge in [0.2, 0.25) is 0 Å². The molecule has 0 bridgehead atoms. The Labute approximate surface area is 79.0 Å². The van der Waals surface area contributed by atoms with Gasteiger partial charge in [0.1, 0.15) is 0 Å². The van der Waals surface area contributed by atoms with E-state index in [-0.39, 0.29) is 0 Å². The van der Waals surface area contributed by atoms with Gasteiger partial charge in [-0.1, -0.05) is 18.6 Å². The summed E-state index contributed by atoms with van der Waals surface area (Å²) in [6.07, 6.45) is 3.95. The summed E-state index contributed by atoms with van der Waals surface area (Å²) in [7, 11) is 0. The van der Waals surface area contributed by atoms with Crippen LogP contribution in [-0.4, -0.2) is 0 Å². The summed E-state index contributed by atoms with van der Waals surface area (Å²) in [5.74, 6) is 0.729. The molecule has 0 aliphatic heterocycles. The molecule has 0 atom stereocenters. The van der Waals surface area contributed by atoms with E-state index in [0.717, 1.165) is 17.0 Å². The van der Waals surface area contributed by atoms with E-state index in [0.29, 0.717) is 0 Å². The van der Waals surface area contributed by atoms with Crippen LogP contribution in [0.5, 0.6) is 0 Å². The van der Waals surface area contributed by atoms with Crippen molar-refractivity contribution in [3.8, 4) is 6.07 Å². The van der Waals surface area contributed by atoms with Crippen LogP contribution < -0.4 is 0 Å². The maximum Gasteiger partial charge on any atom is 0.0994 e. The minimum atomic E-state index is 0.729. The average molecular weight is 171 g/mol. The van der Waals surface area contributed by atoms with Crippen LogP contribution in [0.1, 0.15) is 41.9 Å². The molecule has 1 aromatic rings. The molecule has 13 heavy (non-hydrogen) atoms. The fraction of sp³-hybridized carbons (Fsp3) is 0.417. The highest BCUT2D eigenvalue weighted by Gasteiger charge is 2.19. The van der Waals surface area contributed by atoms with Gasteiger partial charge in [-0.3, -0.25) is 0 Å². The molecule has 0 unspecified atom stereocenters. The Hall–Kier alpha value is -1.29. The molecule has 0 heterocycles. The maximum absolute atomic E-state index is 8.87. The first-order valence-electron chi connectivity index (χ1n) is 4.82. The predicted octanol–water partition coefficient (Wildman–Crippen LogP) is 3.13. The molecule has 1 aromatic carbocycles. The fourth-order valence-electron chi connectivity index (χ4n) is 1.76. The Kier molecular flexibility index (Phi) is 2.06. The Balaban J connectivity index is 2.33. The van der Waals surface area contributed by atoms with Gasteiger partial charge in [-0.25, -0.2) is 0 Å². The predicted molar refractivity (Wildman–Crippen MR) is 52.5 cm³/mol. The third-order valence-corrected chi connectivity index (χ3v) is 2.96. The molecule has 1 aliphatic carbocycles. The van der Waals surface area contributed by atoms with Crippen LogP contribution in [0.3, 0.4) is 0 Å². The summed E-state index contributed by atoms with van der Waals surface area (Å²) < 4.78 is 0. The van der Waals surface area contributed by atoms with E-state index in [9.17, 15) is 0 Å². The second-order valence-corrected chi connectivity index (χ2v) is 3.81. The van der Waals surface area contributed by atoms with Crippen molar-refractivity contribution in [3.05, 3.63) is 34.9 Å². The average Bonchev–Trinajstić information content (AvgIpc) is 2.05. The highest BCUT2D eigenvalue weighted by Crippen LogP contribution is 2.36. The van der Waals surface area contributed by atoms with Crippen molar-refractivity contribution in [2.24, 2.45) is 0 Å². The van der Waals surface area contributed by atoms with Gasteiger partial charge in [0.05, 0.1) is 11.6 Å². The van der Waals surface area contributed by atoms with Gasteiger partial charge < -0.3 is 0 Å². The van der Waals surface area contributed by atoms with Crippen molar-refractivity contribution in [1.29, 1.82) is 5.26 Å². The van der Waals surface area contributed by atoms with E-state index in [1.165, 1.54) is 24.8 Å². The van der Waals surface area contributed by atoms with Crippen LogP contribution in [0.15, 0.2) is 18.2 Å². The van der Waals surface area contributed by atoms with E-state index in [1.54, 1.807) is 0 Å². The summed E-state index contributed by atoms with van der Waals surface area (Å²) in [6, 6.07) is 8.52. The summed E-state index contributed by atoms with van der Waals surface area (Å²) in [5.41, 5.74) is 3.28. The first kappa shape index (κ1) is 8.31. The number of nitriles is 1. The fourth-order valence-corrected chi connectivity index (χ4v) is 1.76. The lowest BCUT2D eigenvalue weighted by atomic mass is 9.79. The molecule has 2 rings (SSSR count). The van der Waals surface area contributed by atoms with E-state index < -0.39 is 0 Å². The van der Waals surface area contributed by atoms with E-state index in [2.05, 4.69) is 24.3 Å². The molecule has 1 fully saturated rings. The number of aryl methyl sites for hydroxylation is 1. The zero-order valence-corrected chi connectivity index (χ0v) is 7.88. The Morgan fingerprint density at radius 1 is 1.38 bits per heavy atom. The number of hydrogen-bond acceptors (Lipinski definition) is 1. The number of nitrogens with zero attached hydrogens (tertiary/aromatic N) is 1. The summed E-state index contributed by atoms with van der Waals surface area (Å²) >= 11 is 0.